The van der Waals surface area contributed by atoms with Crippen LogP contribution < -0.4 is 5.32 Å². The number of carbonyl (C=O) groups excluding carboxylic acids is 1. The highest BCUT2D eigenvalue weighted by Crippen LogP contribution is 2.08. The topological polar surface area (TPSA) is 66.4 Å². The number of carbonyl (C=O) groups is 2. The molecule has 0 unspecified atom stereocenters. The predicted molar refractivity (Wildman–Crippen MR) is 85.2 cm³/mol. The Kier molecular flexibility index (Phi) is 12.8. The van der Waals surface area contributed by atoms with Gasteiger partial charge in [-0.2, -0.15) is 11.8 Å². The van der Waals surface area contributed by atoms with E-state index < -0.39 is 12.0 Å². The van der Waals surface area contributed by atoms with Gasteiger partial charge in [0.05, 0.1) is 0 Å². The first-order chi connectivity index (χ1) is 9.61. The van der Waals surface area contributed by atoms with E-state index >= 15 is 0 Å². The fourth-order valence-electron chi connectivity index (χ4n) is 2.00. The molecule has 0 saturated carbocycles. The van der Waals surface area contributed by atoms with E-state index in [0.29, 0.717) is 12.8 Å². The van der Waals surface area contributed by atoms with Gasteiger partial charge in [-0.1, -0.05) is 45.4 Å². The van der Waals surface area contributed by atoms with Gasteiger partial charge in [0.1, 0.15) is 6.04 Å². The van der Waals surface area contributed by atoms with E-state index in [2.05, 4.69) is 12.2 Å². The Bertz CT molecular complexity index is 272. The number of unbranched alkanes of at least 4 members (excludes halogenated alkanes) is 6. The molecule has 0 aliphatic rings. The molecule has 0 spiro atoms. The number of thioether (sulfide) groups is 1. The van der Waals surface area contributed by atoms with Crippen molar-refractivity contribution in [1.29, 1.82) is 0 Å². The summed E-state index contributed by atoms with van der Waals surface area (Å²) in [5.41, 5.74) is 0. The number of amides is 1. The summed E-state index contributed by atoms with van der Waals surface area (Å²) in [5.74, 6) is -0.326. The lowest BCUT2D eigenvalue weighted by Gasteiger charge is -2.13. The van der Waals surface area contributed by atoms with E-state index in [9.17, 15) is 9.59 Å². The van der Waals surface area contributed by atoms with Crippen LogP contribution in [0.4, 0.5) is 0 Å². The average Bonchev–Trinajstić information content (AvgIpc) is 2.42. The van der Waals surface area contributed by atoms with Gasteiger partial charge in [-0.15, -0.1) is 0 Å². The first kappa shape index (κ1) is 19.3. The quantitative estimate of drug-likeness (QED) is 0.511. The van der Waals surface area contributed by atoms with Crippen molar-refractivity contribution in [3.8, 4) is 0 Å². The zero-order valence-corrected chi connectivity index (χ0v) is 13.6. The Labute approximate surface area is 127 Å². The number of hydrogen-bond acceptors (Lipinski definition) is 3. The molecule has 0 aromatic carbocycles. The van der Waals surface area contributed by atoms with Crippen molar-refractivity contribution in [3.63, 3.8) is 0 Å². The second-order valence-electron chi connectivity index (χ2n) is 5.11. The third-order valence-electron chi connectivity index (χ3n) is 3.25. The van der Waals surface area contributed by atoms with Crippen LogP contribution >= 0.6 is 11.8 Å². The van der Waals surface area contributed by atoms with Crippen molar-refractivity contribution in [2.24, 2.45) is 0 Å². The number of hydrogen-bond donors (Lipinski definition) is 2. The second-order valence-corrected chi connectivity index (χ2v) is 6.10. The average molecular weight is 303 g/mol. The Balaban J connectivity index is 3.66. The molecule has 0 aliphatic carbocycles. The maximum atomic E-state index is 11.7. The summed E-state index contributed by atoms with van der Waals surface area (Å²) in [7, 11) is 0. The number of carboxylic acids is 1. The van der Waals surface area contributed by atoms with Crippen LogP contribution in [0.15, 0.2) is 0 Å². The largest absolute Gasteiger partial charge is 0.480 e. The maximum Gasteiger partial charge on any atom is 0.326 e. The van der Waals surface area contributed by atoms with E-state index in [0.717, 1.165) is 18.6 Å². The highest BCUT2D eigenvalue weighted by molar-refractivity contribution is 7.98. The van der Waals surface area contributed by atoms with Gasteiger partial charge in [0.2, 0.25) is 5.91 Å². The first-order valence-corrected chi connectivity index (χ1v) is 9.02. The normalized spacial score (nSPS) is 12.1. The van der Waals surface area contributed by atoms with Gasteiger partial charge in [-0.25, -0.2) is 4.79 Å². The third-order valence-corrected chi connectivity index (χ3v) is 3.90. The molecule has 0 aromatic heterocycles. The molecule has 118 valence electrons. The Morgan fingerprint density at radius 2 is 1.70 bits per heavy atom. The van der Waals surface area contributed by atoms with Crippen LogP contribution in [0.1, 0.15) is 64.7 Å². The molecule has 2 N–H and O–H groups in total. The van der Waals surface area contributed by atoms with Crippen molar-refractivity contribution in [2.45, 2.75) is 70.8 Å². The summed E-state index contributed by atoms with van der Waals surface area (Å²) in [6.45, 7) is 2.19. The van der Waals surface area contributed by atoms with Crippen LogP contribution in [0.25, 0.3) is 0 Å². The van der Waals surface area contributed by atoms with Crippen molar-refractivity contribution in [3.05, 3.63) is 0 Å². The summed E-state index contributed by atoms with van der Waals surface area (Å²) in [5, 5.41) is 11.6. The van der Waals surface area contributed by atoms with Gasteiger partial charge in [0, 0.05) is 6.42 Å². The van der Waals surface area contributed by atoms with Gasteiger partial charge >= 0.3 is 5.97 Å². The minimum absolute atomic E-state index is 0.132. The van der Waals surface area contributed by atoms with Crippen molar-refractivity contribution in [2.75, 3.05) is 12.0 Å². The Morgan fingerprint density at radius 1 is 1.10 bits per heavy atom. The molecule has 1 atom stereocenters. The molecule has 4 nitrogen and oxygen atoms in total. The lowest BCUT2D eigenvalue weighted by Crippen LogP contribution is -2.41. The van der Waals surface area contributed by atoms with Crippen molar-refractivity contribution >= 4 is 23.6 Å². The Morgan fingerprint density at radius 3 is 2.25 bits per heavy atom. The van der Waals surface area contributed by atoms with Crippen LogP contribution in [0.5, 0.6) is 0 Å². The number of aliphatic carboxylic acids is 1. The zero-order valence-electron chi connectivity index (χ0n) is 12.8. The highest BCUT2D eigenvalue weighted by Gasteiger charge is 2.18. The smallest absolute Gasteiger partial charge is 0.326 e. The molecule has 0 aromatic rings. The van der Waals surface area contributed by atoms with Gasteiger partial charge in [-0.3, -0.25) is 4.79 Å². The second kappa shape index (κ2) is 13.3. The molecule has 1 amide bonds. The summed E-state index contributed by atoms with van der Waals surface area (Å²) in [6.07, 6.45) is 11.0. The number of rotatable bonds is 13. The highest BCUT2D eigenvalue weighted by atomic mass is 32.2. The fourth-order valence-corrected chi connectivity index (χ4v) is 2.47. The van der Waals surface area contributed by atoms with Crippen LogP contribution in [0.3, 0.4) is 0 Å². The molecule has 0 bridgehead atoms. The molecule has 20 heavy (non-hydrogen) atoms. The van der Waals surface area contributed by atoms with Crippen LogP contribution in [-0.2, 0) is 9.59 Å². The minimum Gasteiger partial charge on any atom is -0.480 e. The van der Waals surface area contributed by atoms with Crippen molar-refractivity contribution < 1.29 is 14.7 Å². The molecular weight excluding hydrogens is 274 g/mol. The van der Waals surface area contributed by atoms with Crippen molar-refractivity contribution in [1.82, 2.24) is 5.32 Å². The molecular formula is C15H29NO3S. The van der Waals surface area contributed by atoms with E-state index in [-0.39, 0.29) is 5.91 Å². The van der Waals surface area contributed by atoms with E-state index in [1.807, 2.05) is 6.26 Å². The van der Waals surface area contributed by atoms with Crippen LogP contribution in [-0.4, -0.2) is 35.0 Å². The number of nitrogens with one attached hydrogen (secondary N) is 1. The predicted octanol–water partition coefficient (Wildman–Crippen LogP) is 3.45. The molecule has 5 heteroatoms. The van der Waals surface area contributed by atoms with Crippen LogP contribution in [0, 0.1) is 0 Å². The fraction of sp³-hybridized carbons (Fsp3) is 0.867. The molecule has 0 rings (SSSR count). The lowest BCUT2D eigenvalue weighted by molar-refractivity contribution is -0.141. The zero-order chi connectivity index (χ0) is 15.2. The van der Waals surface area contributed by atoms with Crippen LogP contribution in [0.2, 0.25) is 0 Å². The first-order valence-electron chi connectivity index (χ1n) is 7.63. The molecule has 0 fully saturated rings. The van der Waals surface area contributed by atoms with E-state index in [1.54, 1.807) is 11.8 Å². The standard InChI is InChI=1S/C15H29NO3S/c1-3-4-5-6-7-8-9-10-14(17)16-13(15(18)19)11-12-20-2/h13H,3-12H2,1-2H3,(H,16,17)(H,18,19)/t13-/m1/s1. The number of carboxylic acid groups (broad SMARTS) is 1. The van der Waals surface area contributed by atoms with Gasteiger partial charge in [0.25, 0.3) is 0 Å². The third kappa shape index (κ3) is 11.1. The molecule has 0 radical (unpaired) electrons. The summed E-state index contributed by atoms with van der Waals surface area (Å²) < 4.78 is 0. The SMILES string of the molecule is CCCCCCCCCC(=O)N[C@H](CCSC)C(=O)O. The van der Waals surface area contributed by atoms with Gasteiger partial charge < -0.3 is 10.4 Å². The van der Waals surface area contributed by atoms with E-state index in [1.165, 1.54) is 32.1 Å². The van der Waals surface area contributed by atoms with E-state index in [4.69, 9.17) is 5.11 Å². The van der Waals surface area contributed by atoms with Gasteiger partial charge in [-0.05, 0) is 24.9 Å². The van der Waals surface area contributed by atoms with Gasteiger partial charge in [0.15, 0.2) is 0 Å². The minimum atomic E-state index is -0.938. The molecule has 0 saturated heterocycles. The molecule has 0 heterocycles. The monoisotopic (exact) mass is 303 g/mol. The Hall–Kier alpha value is -0.710. The lowest BCUT2D eigenvalue weighted by atomic mass is 10.1. The maximum absolute atomic E-state index is 11.7. The summed E-state index contributed by atoms with van der Waals surface area (Å²) in [4.78, 5) is 22.7. The summed E-state index contributed by atoms with van der Waals surface area (Å²) in [6, 6.07) is -0.737. The molecule has 0 aliphatic heterocycles. The summed E-state index contributed by atoms with van der Waals surface area (Å²) >= 11 is 1.59.